The quantitative estimate of drug-likeness (QED) is 0.858. The van der Waals surface area contributed by atoms with Crippen LogP contribution in [0.4, 0.5) is 5.69 Å². The predicted octanol–water partition coefficient (Wildman–Crippen LogP) is 2.73. The summed E-state index contributed by atoms with van der Waals surface area (Å²) in [4.78, 5) is 2.39. The van der Waals surface area contributed by atoms with Crippen LogP contribution in [0.5, 0.6) is 0 Å². The first-order valence-electron chi connectivity index (χ1n) is 9.07. The Morgan fingerprint density at radius 2 is 1.92 bits per heavy atom. The first-order chi connectivity index (χ1) is 11.8. The number of aliphatic hydroxyl groups is 1. The molecule has 0 radical (unpaired) electrons. The summed E-state index contributed by atoms with van der Waals surface area (Å²) in [6.45, 7) is 4.10. The molecule has 2 N–H and O–H groups in total. The smallest absolute Gasteiger partial charge is 0.0707 e. The van der Waals surface area contributed by atoms with Gasteiger partial charge in [-0.25, -0.2) is 0 Å². The van der Waals surface area contributed by atoms with Crippen molar-refractivity contribution in [3.05, 3.63) is 65.2 Å². The molecule has 0 bridgehead atoms. The molecule has 1 atom stereocenters. The van der Waals surface area contributed by atoms with E-state index in [0.717, 1.165) is 44.9 Å². The lowest BCUT2D eigenvalue weighted by molar-refractivity contribution is 0.0406. The molecule has 126 valence electrons. The number of aliphatic hydroxyl groups excluding tert-OH is 1. The van der Waals surface area contributed by atoms with E-state index in [9.17, 15) is 5.11 Å². The molecule has 0 saturated carbocycles. The maximum Gasteiger partial charge on any atom is 0.0707 e. The Kier molecular flexibility index (Phi) is 4.54. The lowest BCUT2D eigenvalue weighted by Crippen LogP contribution is -2.50. The van der Waals surface area contributed by atoms with E-state index in [1.807, 2.05) is 18.2 Å². The molecule has 0 aliphatic carbocycles. The lowest BCUT2D eigenvalue weighted by Gasteiger charge is -2.40. The Labute approximate surface area is 144 Å². The number of fused-ring (bicyclic) bond motifs is 1. The van der Waals surface area contributed by atoms with Gasteiger partial charge < -0.3 is 15.3 Å². The van der Waals surface area contributed by atoms with Crippen LogP contribution >= 0.6 is 0 Å². The van der Waals surface area contributed by atoms with Crippen molar-refractivity contribution >= 4 is 5.69 Å². The minimum Gasteiger partial charge on any atom is -0.391 e. The molecular formula is C21H26N2O. The van der Waals surface area contributed by atoms with E-state index in [-0.39, 0.29) is 6.10 Å². The Hall–Kier alpha value is -1.84. The number of hydrogen-bond donors (Lipinski definition) is 2. The van der Waals surface area contributed by atoms with Gasteiger partial charge in [0.15, 0.2) is 0 Å². The van der Waals surface area contributed by atoms with E-state index < -0.39 is 0 Å². The molecule has 2 aromatic rings. The van der Waals surface area contributed by atoms with E-state index in [0.29, 0.717) is 0 Å². The van der Waals surface area contributed by atoms with Gasteiger partial charge in [0.2, 0.25) is 0 Å². The van der Waals surface area contributed by atoms with Crippen LogP contribution in [0.15, 0.2) is 48.5 Å². The summed E-state index contributed by atoms with van der Waals surface area (Å²) in [7, 11) is 0. The van der Waals surface area contributed by atoms with Gasteiger partial charge in [-0.15, -0.1) is 0 Å². The molecule has 2 heterocycles. The molecule has 2 aliphatic rings. The van der Waals surface area contributed by atoms with Crippen LogP contribution in [0, 0.1) is 5.92 Å². The molecule has 1 saturated heterocycles. The van der Waals surface area contributed by atoms with Crippen LogP contribution in [0.3, 0.4) is 0 Å². The number of anilines is 1. The van der Waals surface area contributed by atoms with Crippen LogP contribution in [-0.2, 0) is 19.3 Å². The molecule has 0 spiro atoms. The molecule has 24 heavy (non-hydrogen) atoms. The fraction of sp³-hybridized carbons (Fsp3) is 0.429. The van der Waals surface area contributed by atoms with E-state index in [4.69, 9.17) is 0 Å². The largest absolute Gasteiger partial charge is 0.391 e. The van der Waals surface area contributed by atoms with Gasteiger partial charge >= 0.3 is 0 Å². The fourth-order valence-electron chi connectivity index (χ4n) is 4.12. The second-order valence-electron chi connectivity index (χ2n) is 7.25. The molecule has 0 aromatic heterocycles. The highest BCUT2D eigenvalue weighted by atomic mass is 16.3. The number of likely N-dealkylation sites (tertiary alicyclic amines) is 1. The van der Waals surface area contributed by atoms with Crippen LogP contribution in [0.2, 0.25) is 0 Å². The summed E-state index contributed by atoms with van der Waals surface area (Å²) in [6.07, 6.45) is 2.83. The number of nitrogens with one attached hydrogen (secondary N) is 1. The molecule has 1 fully saturated rings. The topological polar surface area (TPSA) is 35.5 Å². The Morgan fingerprint density at radius 3 is 2.75 bits per heavy atom. The second kappa shape index (κ2) is 6.96. The SMILES string of the molecule is O[C@@H](Cc1ccccc1)CN1CC(Cc2cccc3c2CCN3)C1. The normalized spacial score (nSPS) is 18.7. The van der Waals surface area contributed by atoms with Gasteiger partial charge in [0.1, 0.15) is 0 Å². The molecule has 4 rings (SSSR count). The second-order valence-corrected chi connectivity index (χ2v) is 7.25. The first kappa shape index (κ1) is 15.7. The van der Waals surface area contributed by atoms with Crippen LogP contribution in [0.25, 0.3) is 0 Å². The fourth-order valence-corrected chi connectivity index (χ4v) is 4.12. The number of rotatable bonds is 6. The zero-order valence-electron chi connectivity index (χ0n) is 14.1. The van der Waals surface area contributed by atoms with Gasteiger partial charge in [0.25, 0.3) is 0 Å². The van der Waals surface area contributed by atoms with E-state index in [1.165, 1.54) is 28.8 Å². The van der Waals surface area contributed by atoms with Gasteiger partial charge in [-0.2, -0.15) is 0 Å². The van der Waals surface area contributed by atoms with Gasteiger partial charge in [-0.3, -0.25) is 0 Å². The minimum atomic E-state index is -0.265. The molecule has 2 aliphatic heterocycles. The molecule has 0 unspecified atom stereocenters. The van der Waals surface area contributed by atoms with Crippen molar-refractivity contribution in [1.29, 1.82) is 0 Å². The van der Waals surface area contributed by atoms with Gasteiger partial charge in [-0.05, 0) is 47.9 Å². The highest BCUT2D eigenvalue weighted by molar-refractivity contribution is 5.58. The zero-order valence-corrected chi connectivity index (χ0v) is 14.1. The third-order valence-electron chi connectivity index (χ3n) is 5.29. The van der Waals surface area contributed by atoms with Gasteiger partial charge in [0, 0.05) is 31.9 Å². The average Bonchev–Trinajstić information content (AvgIpc) is 3.03. The first-order valence-corrected chi connectivity index (χ1v) is 9.07. The summed E-state index contributed by atoms with van der Waals surface area (Å²) in [6, 6.07) is 16.9. The summed E-state index contributed by atoms with van der Waals surface area (Å²) < 4.78 is 0. The van der Waals surface area contributed by atoms with Crippen molar-refractivity contribution < 1.29 is 5.11 Å². The summed E-state index contributed by atoms with van der Waals surface area (Å²) in [5.74, 6) is 0.737. The van der Waals surface area contributed by atoms with E-state index in [2.05, 4.69) is 40.5 Å². The van der Waals surface area contributed by atoms with E-state index in [1.54, 1.807) is 0 Å². The molecule has 2 aromatic carbocycles. The molecule has 0 amide bonds. The third kappa shape index (κ3) is 3.47. The summed E-state index contributed by atoms with van der Waals surface area (Å²) in [5.41, 5.74) is 5.60. The molecule has 3 nitrogen and oxygen atoms in total. The molecule has 3 heteroatoms. The highest BCUT2D eigenvalue weighted by Gasteiger charge is 2.29. The Balaban J connectivity index is 1.25. The monoisotopic (exact) mass is 322 g/mol. The summed E-state index contributed by atoms with van der Waals surface area (Å²) >= 11 is 0. The Bertz CT molecular complexity index is 679. The highest BCUT2D eigenvalue weighted by Crippen LogP contribution is 2.29. The van der Waals surface area contributed by atoms with Crippen molar-refractivity contribution in [1.82, 2.24) is 4.90 Å². The third-order valence-corrected chi connectivity index (χ3v) is 5.29. The van der Waals surface area contributed by atoms with Gasteiger partial charge in [-0.1, -0.05) is 42.5 Å². The number of hydrogen-bond acceptors (Lipinski definition) is 3. The van der Waals surface area contributed by atoms with E-state index >= 15 is 0 Å². The molecular weight excluding hydrogens is 296 g/mol. The number of benzene rings is 2. The Morgan fingerprint density at radius 1 is 1.08 bits per heavy atom. The lowest BCUT2D eigenvalue weighted by atomic mass is 9.89. The van der Waals surface area contributed by atoms with Crippen LogP contribution in [-0.4, -0.2) is 42.3 Å². The van der Waals surface area contributed by atoms with Crippen molar-refractivity contribution in [3.63, 3.8) is 0 Å². The van der Waals surface area contributed by atoms with Gasteiger partial charge in [0.05, 0.1) is 6.10 Å². The van der Waals surface area contributed by atoms with Crippen LogP contribution < -0.4 is 5.32 Å². The maximum atomic E-state index is 10.3. The van der Waals surface area contributed by atoms with Crippen molar-refractivity contribution in [2.24, 2.45) is 5.92 Å². The number of β-amino-alcohol motifs (C(OH)–C–C–N with tert-alkyl or cyclic N) is 1. The van der Waals surface area contributed by atoms with Crippen molar-refractivity contribution in [2.45, 2.75) is 25.4 Å². The maximum absolute atomic E-state index is 10.3. The summed E-state index contributed by atoms with van der Waals surface area (Å²) in [5, 5.41) is 13.8. The zero-order chi connectivity index (χ0) is 16.4. The minimum absolute atomic E-state index is 0.265. The van der Waals surface area contributed by atoms with Crippen LogP contribution in [0.1, 0.15) is 16.7 Å². The predicted molar refractivity (Wildman–Crippen MR) is 98.4 cm³/mol. The van der Waals surface area contributed by atoms with Crippen molar-refractivity contribution in [2.75, 3.05) is 31.5 Å². The standard InChI is InChI=1S/C21H26N2O/c24-19(12-16-5-2-1-3-6-16)15-23-13-17(14-23)11-18-7-4-8-21-20(18)9-10-22-21/h1-8,17,19,22,24H,9-15H2/t19-/m0/s1. The average molecular weight is 322 g/mol. The van der Waals surface area contributed by atoms with Crippen molar-refractivity contribution in [3.8, 4) is 0 Å². The number of nitrogens with zero attached hydrogens (tertiary/aromatic N) is 1.